The van der Waals surface area contributed by atoms with Gasteiger partial charge in [-0.3, -0.25) is 4.79 Å². The largest absolute Gasteiger partial charge is 0.381 e. The lowest BCUT2D eigenvalue weighted by Crippen LogP contribution is -2.25. The first kappa shape index (κ1) is 20.8. The molecule has 0 aliphatic carbocycles. The van der Waals surface area contributed by atoms with Gasteiger partial charge in [0.2, 0.25) is 0 Å². The zero-order chi connectivity index (χ0) is 23.1. The fourth-order valence-corrected chi connectivity index (χ4v) is 4.18. The first-order valence-electron chi connectivity index (χ1n) is 10.3. The van der Waals surface area contributed by atoms with Gasteiger partial charge in [-0.25, -0.2) is 22.7 Å². The Morgan fingerprint density at radius 1 is 1.06 bits per heavy atom. The van der Waals surface area contributed by atoms with Gasteiger partial charge in [-0.2, -0.15) is 0 Å². The number of nitrogens with one attached hydrogen (secondary N) is 1. The molecule has 0 saturated carbocycles. The molecule has 0 bridgehead atoms. The van der Waals surface area contributed by atoms with Crippen LogP contribution >= 0.6 is 0 Å². The van der Waals surface area contributed by atoms with Crippen LogP contribution in [0.1, 0.15) is 34.8 Å². The molecular weight excluding hydrogens is 433 g/mol. The third-order valence-electron chi connectivity index (χ3n) is 5.69. The van der Waals surface area contributed by atoms with Gasteiger partial charge >= 0.3 is 0 Å². The average Bonchev–Trinajstić information content (AvgIpc) is 3.40. The molecule has 1 aliphatic heterocycles. The summed E-state index contributed by atoms with van der Waals surface area (Å²) in [6.45, 7) is 0.588. The molecule has 10 heteroatoms. The lowest BCUT2D eigenvalue weighted by atomic mass is 10.0. The molecule has 168 valence electrons. The summed E-state index contributed by atoms with van der Waals surface area (Å²) in [6, 6.07) is 10.0. The first-order valence-corrected chi connectivity index (χ1v) is 10.3. The summed E-state index contributed by atoms with van der Waals surface area (Å²) in [5.74, 6) is -1.50. The van der Waals surface area contributed by atoms with E-state index in [0.29, 0.717) is 24.5 Å². The number of nitrogens with two attached hydrogens (primary N) is 1. The number of nitrogen functional groups attached to an aromatic ring is 1. The molecule has 1 atom stereocenters. The van der Waals surface area contributed by atoms with Crippen LogP contribution in [0.2, 0.25) is 0 Å². The fraction of sp³-hybridized carbons (Fsp3) is 0.174. The van der Waals surface area contributed by atoms with E-state index >= 15 is 0 Å². The van der Waals surface area contributed by atoms with E-state index in [1.54, 1.807) is 12.3 Å². The van der Waals surface area contributed by atoms with Crippen LogP contribution in [0.5, 0.6) is 0 Å². The molecule has 1 amide bonds. The summed E-state index contributed by atoms with van der Waals surface area (Å²) in [5.41, 5.74) is 6.92. The number of carbonyl (C=O) groups is 1. The van der Waals surface area contributed by atoms with Crippen LogP contribution in [-0.4, -0.2) is 27.0 Å². The predicted molar refractivity (Wildman–Crippen MR) is 117 cm³/mol. The molecule has 5 rings (SSSR count). The van der Waals surface area contributed by atoms with E-state index in [-0.39, 0.29) is 22.6 Å². The molecule has 4 aromatic rings. The highest BCUT2D eigenvalue weighted by atomic mass is 19.1. The number of fused-ring (bicyclic) bond motifs is 1. The van der Waals surface area contributed by atoms with Gasteiger partial charge in [0.1, 0.15) is 28.8 Å². The summed E-state index contributed by atoms with van der Waals surface area (Å²) >= 11 is 0. The number of hydrogen-bond acceptors (Lipinski definition) is 5. The number of carbonyl (C=O) groups excluding carboxylic acids is 1. The SMILES string of the molecule is Nc1nn2ccc(N3CCC[C@@H]3c3cc(F)ccc3F)nc2c1C(=O)Nc1ccc(F)cc1. The van der Waals surface area contributed by atoms with Crippen molar-refractivity contribution < 1.29 is 18.0 Å². The molecule has 3 heterocycles. The Morgan fingerprint density at radius 3 is 2.61 bits per heavy atom. The van der Waals surface area contributed by atoms with E-state index < -0.39 is 29.4 Å². The molecule has 3 N–H and O–H groups in total. The molecular formula is C23H19F3N6O. The highest BCUT2D eigenvalue weighted by Crippen LogP contribution is 2.37. The van der Waals surface area contributed by atoms with Crippen molar-refractivity contribution in [3.05, 3.63) is 83.3 Å². The van der Waals surface area contributed by atoms with E-state index in [1.807, 2.05) is 4.90 Å². The Morgan fingerprint density at radius 2 is 1.82 bits per heavy atom. The zero-order valence-electron chi connectivity index (χ0n) is 17.3. The molecule has 2 aromatic carbocycles. The third-order valence-corrected chi connectivity index (χ3v) is 5.69. The Balaban J connectivity index is 1.51. The molecule has 7 nitrogen and oxygen atoms in total. The van der Waals surface area contributed by atoms with Gasteiger partial charge in [-0.05, 0) is 61.4 Å². The van der Waals surface area contributed by atoms with Crippen molar-refractivity contribution in [3.8, 4) is 0 Å². The molecule has 2 aromatic heterocycles. The van der Waals surface area contributed by atoms with Gasteiger partial charge < -0.3 is 16.0 Å². The summed E-state index contributed by atoms with van der Waals surface area (Å²) < 4.78 is 42.8. The third kappa shape index (κ3) is 3.84. The minimum atomic E-state index is -0.548. The van der Waals surface area contributed by atoms with Gasteiger partial charge in [0, 0.05) is 24.0 Å². The van der Waals surface area contributed by atoms with E-state index in [4.69, 9.17) is 5.73 Å². The van der Waals surface area contributed by atoms with Crippen molar-refractivity contribution in [1.29, 1.82) is 0 Å². The van der Waals surface area contributed by atoms with Crippen LogP contribution in [-0.2, 0) is 0 Å². The van der Waals surface area contributed by atoms with Gasteiger partial charge in [0.05, 0.1) is 6.04 Å². The van der Waals surface area contributed by atoms with Crippen molar-refractivity contribution in [2.24, 2.45) is 0 Å². The van der Waals surface area contributed by atoms with Crippen LogP contribution < -0.4 is 16.0 Å². The Labute approximate surface area is 186 Å². The maximum atomic E-state index is 14.4. The number of aromatic nitrogens is 3. The second-order valence-electron chi connectivity index (χ2n) is 7.79. The molecule has 0 unspecified atom stereocenters. The molecule has 1 saturated heterocycles. The first-order chi connectivity index (χ1) is 15.9. The van der Waals surface area contributed by atoms with Crippen LogP contribution in [0, 0.1) is 17.5 Å². The van der Waals surface area contributed by atoms with Gasteiger partial charge in [0.25, 0.3) is 5.91 Å². The number of rotatable bonds is 4. The van der Waals surface area contributed by atoms with Gasteiger partial charge in [-0.1, -0.05) is 0 Å². The Kier molecular flexibility index (Phi) is 5.12. The monoisotopic (exact) mass is 452 g/mol. The number of amides is 1. The minimum Gasteiger partial charge on any atom is -0.381 e. The van der Waals surface area contributed by atoms with E-state index in [0.717, 1.165) is 18.6 Å². The fourth-order valence-electron chi connectivity index (χ4n) is 4.18. The van der Waals surface area contributed by atoms with E-state index in [1.165, 1.54) is 34.8 Å². The maximum absolute atomic E-state index is 14.4. The minimum absolute atomic E-state index is 0.0200. The quantitative estimate of drug-likeness (QED) is 0.481. The van der Waals surface area contributed by atoms with Crippen molar-refractivity contribution in [1.82, 2.24) is 14.6 Å². The summed E-state index contributed by atoms with van der Waals surface area (Å²) in [4.78, 5) is 19.4. The lowest BCUT2D eigenvalue weighted by molar-refractivity contribution is 0.102. The Bertz CT molecular complexity index is 1350. The van der Waals surface area contributed by atoms with Crippen LogP contribution in [0.25, 0.3) is 5.65 Å². The molecule has 0 radical (unpaired) electrons. The molecule has 1 fully saturated rings. The second kappa shape index (κ2) is 8.12. The van der Waals surface area contributed by atoms with E-state index in [9.17, 15) is 18.0 Å². The smallest absolute Gasteiger partial charge is 0.263 e. The number of hydrogen-bond donors (Lipinski definition) is 2. The highest BCUT2D eigenvalue weighted by Gasteiger charge is 2.30. The van der Waals surface area contributed by atoms with Crippen molar-refractivity contribution in [2.75, 3.05) is 22.5 Å². The number of benzene rings is 2. The van der Waals surface area contributed by atoms with Crippen molar-refractivity contribution in [3.63, 3.8) is 0 Å². The van der Waals surface area contributed by atoms with Gasteiger partial charge in [-0.15, -0.1) is 5.10 Å². The number of halogens is 3. The molecule has 1 aliphatic rings. The Hall–Kier alpha value is -4.08. The second-order valence-corrected chi connectivity index (χ2v) is 7.79. The number of nitrogens with zero attached hydrogens (tertiary/aromatic N) is 4. The summed E-state index contributed by atoms with van der Waals surface area (Å²) in [6.07, 6.45) is 3.01. The van der Waals surface area contributed by atoms with Gasteiger partial charge in [0.15, 0.2) is 11.5 Å². The van der Waals surface area contributed by atoms with Crippen LogP contribution in [0.15, 0.2) is 54.7 Å². The van der Waals surface area contributed by atoms with Crippen LogP contribution in [0.4, 0.5) is 30.5 Å². The van der Waals surface area contributed by atoms with E-state index in [2.05, 4.69) is 15.4 Å². The lowest BCUT2D eigenvalue weighted by Gasteiger charge is -2.26. The van der Waals surface area contributed by atoms with Crippen molar-refractivity contribution >= 4 is 28.9 Å². The maximum Gasteiger partial charge on any atom is 0.263 e. The topological polar surface area (TPSA) is 88.5 Å². The predicted octanol–water partition coefficient (Wildman–Crippen LogP) is 4.32. The number of anilines is 3. The zero-order valence-corrected chi connectivity index (χ0v) is 17.3. The average molecular weight is 452 g/mol. The van der Waals surface area contributed by atoms with Crippen LogP contribution in [0.3, 0.4) is 0 Å². The van der Waals surface area contributed by atoms with Crippen molar-refractivity contribution in [2.45, 2.75) is 18.9 Å². The summed E-state index contributed by atoms with van der Waals surface area (Å²) in [7, 11) is 0. The molecule has 33 heavy (non-hydrogen) atoms. The molecule has 0 spiro atoms. The normalized spacial score (nSPS) is 15.8. The standard InChI is InChI=1S/C23H19F3N6O/c24-13-3-6-15(7-4-13)28-23(33)20-21(27)30-32-11-9-19(29-22(20)32)31-10-1-2-18(31)16-12-14(25)5-8-17(16)26/h3-9,11-12,18H,1-2,10H2,(H2,27,30)(H,28,33)/t18-/m1/s1. The summed E-state index contributed by atoms with van der Waals surface area (Å²) in [5, 5.41) is 6.80. The highest BCUT2D eigenvalue weighted by molar-refractivity contribution is 6.11.